The maximum Gasteiger partial charge on any atom is 0.153 e. The van der Waals surface area contributed by atoms with Crippen molar-refractivity contribution in [3.63, 3.8) is 0 Å². The molecule has 1 aromatic carbocycles. The van der Waals surface area contributed by atoms with Crippen LogP contribution < -0.4 is 5.73 Å². The fraction of sp³-hybridized carbons (Fsp3) is 0.0667. The van der Waals surface area contributed by atoms with Crippen LogP contribution in [0.1, 0.15) is 5.56 Å². The largest absolute Gasteiger partial charge is 0.382 e. The molecule has 0 atom stereocenters. The van der Waals surface area contributed by atoms with E-state index in [0.29, 0.717) is 10.8 Å². The Balaban J connectivity index is 2.24. The van der Waals surface area contributed by atoms with Gasteiger partial charge in [-0.05, 0) is 18.6 Å². The second-order valence-corrected chi connectivity index (χ2v) is 4.91. The first-order valence-electron chi connectivity index (χ1n) is 6.18. The van der Waals surface area contributed by atoms with Crippen LogP contribution in [-0.2, 0) is 0 Å². The number of halogens is 1. The molecule has 100 valence electrons. The summed E-state index contributed by atoms with van der Waals surface area (Å²) >= 11 is 6.39. The molecular formula is C15H13ClN4. The molecule has 20 heavy (non-hydrogen) atoms. The number of rotatable bonds is 2. The van der Waals surface area contributed by atoms with Gasteiger partial charge in [-0.3, -0.25) is 10.1 Å². The molecule has 0 saturated carbocycles. The summed E-state index contributed by atoms with van der Waals surface area (Å²) < 4.78 is 0. The van der Waals surface area contributed by atoms with Crippen molar-refractivity contribution in [3.8, 4) is 22.4 Å². The number of pyridine rings is 1. The Kier molecular flexibility index (Phi) is 3.16. The molecule has 4 nitrogen and oxygen atoms in total. The zero-order valence-corrected chi connectivity index (χ0v) is 11.6. The van der Waals surface area contributed by atoms with Crippen LogP contribution in [0.25, 0.3) is 22.4 Å². The number of nitrogen functional groups attached to an aromatic ring is 1. The van der Waals surface area contributed by atoms with Gasteiger partial charge in [-0.25, -0.2) is 0 Å². The lowest BCUT2D eigenvalue weighted by Gasteiger charge is -2.08. The Morgan fingerprint density at radius 2 is 2.05 bits per heavy atom. The highest BCUT2D eigenvalue weighted by Gasteiger charge is 2.17. The van der Waals surface area contributed by atoms with Gasteiger partial charge in [0.25, 0.3) is 0 Å². The summed E-state index contributed by atoms with van der Waals surface area (Å²) in [5.41, 5.74) is 10.4. The van der Waals surface area contributed by atoms with E-state index in [-0.39, 0.29) is 0 Å². The number of benzene rings is 1. The lowest BCUT2D eigenvalue weighted by atomic mass is 10.0. The number of nitrogens with one attached hydrogen (secondary N) is 1. The molecule has 0 aliphatic heterocycles. The fourth-order valence-corrected chi connectivity index (χ4v) is 2.41. The highest BCUT2D eigenvalue weighted by atomic mass is 35.5. The van der Waals surface area contributed by atoms with Crippen LogP contribution in [0.4, 0.5) is 5.82 Å². The van der Waals surface area contributed by atoms with Crippen LogP contribution >= 0.6 is 11.6 Å². The van der Waals surface area contributed by atoms with Gasteiger partial charge in [-0.2, -0.15) is 5.10 Å². The molecule has 5 heteroatoms. The molecule has 0 amide bonds. The van der Waals surface area contributed by atoms with Crippen LogP contribution in [-0.4, -0.2) is 15.2 Å². The van der Waals surface area contributed by atoms with E-state index in [4.69, 9.17) is 17.3 Å². The molecule has 0 aliphatic rings. The molecule has 0 aliphatic carbocycles. The van der Waals surface area contributed by atoms with E-state index < -0.39 is 0 Å². The third kappa shape index (κ3) is 2.04. The number of aromatic amines is 1. The molecule has 0 radical (unpaired) electrons. The quantitative estimate of drug-likeness (QED) is 0.754. The summed E-state index contributed by atoms with van der Waals surface area (Å²) in [6.45, 7) is 1.97. The molecule has 0 unspecified atom stereocenters. The van der Waals surface area contributed by atoms with E-state index in [1.54, 1.807) is 12.4 Å². The van der Waals surface area contributed by atoms with Gasteiger partial charge in [0.2, 0.25) is 0 Å². The van der Waals surface area contributed by atoms with Crippen LogP contribution in [0.2, 0.25) is 5.02 Å². The van der Waals surface area contributed by atoms with Crippen molar-refractivity contribution in [2.75, 3.05) is 5.73 Å². The standard InChI is InChI=1S/C15H13ClN4/c1-9-4-2-6-11(13(9)16)14-12(15(17)20-19-14)10-5-3-7-18-8-10/h2-8H,1H3,(H3,17,19,20). The Labute approximate surface area is 121 Å². The van der Waals surface area contributed by atoms with Crippen molar-refractivity contribution in [1.29, 1.82) is 0 Å². The number of H-pyrrole nitrogens is 1. The summed E-state index contributed by atoms with van der Waals surface area (Å²) in [5.74, 6) is 0.436. The maximum absolute atomic E-state index is 6.39. The second kappa shape index (κ2) is 4.98. The minimum Gasteiger partial charge on any atom is -0.382 e. The van der Waals surface area contributed by atoms with Gasteiger partial charge in [0, 0.05) is 23.5 Å². The lowest BCUT2D eigenvalue weighted by Crippen LogP contribution is -1.90. The van der Waals surface area contributed by atoms with Crippen molar-refractivity contribution in [2.24, 2.45) is 0 Å². The van der Waals surface area contributed by atoms with Gasteiger partial charge in [0.05, 0.1) is 16.3 Å². The molecule has 3 aromatic rings. The molecule has 0 bridgehead atoms. The van der Waals surface area contributed by atoms with Gasteiger partial charge < -0.3 is 5.73 Å². The van der Waals surface area contributed by atoms with E-state index in [1.165, 1.54) is 0 Å². The number of hydrogen-bond acceptors (Lipinski definition) is 3. The SMILES string of the molecule is Cc1cccc(-c2[nH]nc(N)c2-c2cccnc2)c1Cl. The molecular weight excluding hydrogens is 272 g/mol. The monoisotopic (exact) mass is 284 g/mol. The van der Waals surface area contributed by atoms with Gasteiger partial charge in [0.15, 0.2) is 5.82 Å². The van der Waals surface area contributed by atoms with Gasteiger partial charge in [0.1, 0.15) is 0 Å². The molecule has 0 fully saturated rings. The highest BCUT2D eigenvalue weighted by molar-refractivity contribution is 6.34. The van der Waals surface area contributed by atoms with E-state index in [0.717, 1.165) is 27.9 Å². The summed E-state index contributed by atoms with van der Waals surface area (Å²) in [5, 5.41) is 7.77. The summed E-state index contributed by atoms with van der Waals surface area (Å²) in [4.78, 5) is 4.13. The number of hydrogen-bond donors (Lipinski definition) is 2. The van der Waals surface area contributed by atoms with Gasteiger partial charge in [-0.1, -0.05) is 35.9 Å². The number of aromatic nitrogens is 3. The minimum atomic E-state index is 0.436. The van der Waals surface area contributed by atoms with Crippen LogP contribution in [0, 0.1) is 6.92 Å². The fourth-order valence-electron chi connectivity index (χ4n) is 2.19. The number of aryl methyl sites for hydroxylation is 1. The van der Waals surface area contributed by atoms with Crippen LogP contribution in [0.15, 0.2) is 42.7 Å². The van der Waals surface area contributed by atoms with E-state index in [9.17, 15) is 0 Å². The molecule has 0 spiro atoms. The Hall–Kier alpha value is -2.33. The average Bonchev–Trinajstić information content (AvgIpc) is 2.84. The third-order valence-electron chi connectivity index (χ3n) is 3.21. The Morgan fingerprint density at radius 3 is 2.80 bits per heavy atom. The molecule has 2 heterocycles. The number of nitrogens with two attached hydrogens (primary N) is 1. The van der Waals surface area contributed by atoms with E-state index in [1.807, 2.05) is 37.3 Å². The molecule has 0 saturated heterocycles. The first-order chi connectivity index (χ1) is 9.68. The Morgan fingerprint density at radius 1 is 1.20 bits per heavy atom. The van der Waals surface area contributed by atoms with Crippen LogP contribution in [0.5, 0.6) is 0 Å². The zero-order valence-electron chi connectivity index (χ0n) is 10.9. The zero-order chi connectivity index (χ0) is 14.1. The smallest absolute Gasteiger partial charge is 0.153 e. The normalized spacial score (nSPS) is 10.7. The Bertz CT molecular complexity index is 750. The first kappa shape index (κ1) is 12.7. The molecule has 3 N–H and O–H groups in total. The second-order valence-electron chi connectivity index (χ2n) is 4.54. The van der Waals surface area contributed by atoms with Crippen molar-refractivity contribution in [3.05, 3.63) is 53.3 Å². The summed E-state index contributed by atoms with van der Waals surface area (Å²) in [6, 6.07) is 9.68. The maximum atomic E-state index is 6.39. The number of anilines is 1. The van der Waals surface area contributed by atoms with Gasteiger partial charge >= 0.3 is 0 Å². The minimum absolute atomic E-state index is 0.436. The van der Waals surface area contributed by atoms with Crippen molar-refractivity contribution in [2.45, 2.75) is 6.92 Å². The number of nitrogens with zero attached hydrogens (tertiary/aromatic N) is 2. The predicted octanol–water partition coefficient (Wildman–Crippen LogP) is 3.68. The van der Waals surface area contributed by atoms with E-state index >= 15 is 0 Å². The molecule has 2 aromatic heterocycles. The van der Waals surface area contributed by atoms with Crippen molar-refractivity contribution < 1.29 is 0 Å². The average molecular weight is 285 g/mol. The molecule has 3 rings (SSSR count). The van der Waals surface area contributed by atoms with E-state index in [2.05, 4.69) is 15.2 Å². The topological polar surface area (TPSA) is 67.6 Å². The summed E-state index contributed by atoms with van der Waals surface area (Å²) in [6.07, 6.45) is 3.48. The van der Waals surface area contributed by atoms with Crippen molar-refractivity contribution >= 4 is 17.4 Å². The van der Waals surface area contributed by atoms with Gasteiger partial charge in [-0.15, -0.1) is 0 Å². The first-order valence-corrected chi connectivity index (χ1v) is 6.56. The predicted molar refractivity (Wildman–Crippen MR) is 81.4 cm³/mol. The van der Waals surface area contributed by atoms with Crippen LogP contribution in [0.3, 0.4) is 0 Å². The highest BCUT2D eigenvalue weighted by Crippen LogP contribution is 2.38. The van der Waals surface area contributed by atoms with Crippen molar-refractivity contribution in [1.82, 2.24) is 15.2 Å². The lowest BCUT2D eigenvalue weighted by molar-refractivity contribution is 1.10. The summed E-state index contributed by atoms with van der Waals surface area (Å²) in [7, 11) is 0. The third-order valence-corrected chi connectivity index (χ3v) is 3.71.